The third-order valence-electron chi connectivity index (χ3n) is 7.07. The van der Waals surface area contributed by atoms with Gasteiger partial charge in [-0.1, -0.05) is 42.5 Å². The number of nitrogens with one attached hydrogen (secondary N) is 1. The second-order valence-electron chi connectivity index (χ2n) is 9.56. The molecule has 1 N–H and O–H groups in total. The Morgan fingerprint density at radius 3 is 2.00 bits per heavy atom. The Morgan fingerprint density at radius 2 is 1.31 bits per heavy atom. The van der Waals surface area contributed by atoms with Crippen molar-refractivity contribution in [1.29, 1.82) is 0 Å². The summed E-state index contributed by atoms with van der Waals surface area (Å²) in [5.41, 5.74) is 4.00. The molecular weight excluding hydrogens is 453 g/mol. The molecule has 0 saturated carbocycles. The van der Waals surface area contributed by atoms with Gasteiger partial charge in [0.2, 0.25) is 5.91 Å². The maximum atomic E-state index is 14.0. The van der Waals surface area contributed by atoms with Crippen LogP contribution in [0.25, 0.3) is 0 Å². The Balaban J connectivity index is 1.05. The van der Waals surface area contributed by atoms with Gasteiger partial charge in [0, 0.05) is 70.3 Å². The van der Waals surface area contributed by atoms with Gasteiger partial charge in [0.25, 0.3) is 0 Å². The highest BCUT2D eigenvalue weighted by Crippen LogP contribution is 2.22. The van der Waals surface area contributed by atoms with Gasteiger partial charge in [-0.05, 0) is 42.0 Å². The quantitative estimate of drug-likeness (QED) is 0.548. The summed E-state index contributed by atoms with van der Waals surface area (Å²) < 4.78 is 14.0. The number of para-hydroxylation sites is 1. The summed E-state index contributed by atoms with van der Waals surface area (Å²) in [5.74, 6) is -0.210. The Bertz CT molecular complexity index is 1120. The van der Waals surface area contributed by atoms with Crippen molar-refractivity contribution in [3.8, 4) is 0 Å². The first kappa shape index (κ1) is 24.3. The number of benzene rings is 3. The minimum absolute atomic E-state index is 0.0170. The number of rotatable bonds is 7. The number of piperazine rings is 2. The summed E-state index contributed by atoms with van der Waals surface area (Å²) >= 11 is 0. The Hall–Kier alpha value is -3.42. The molecule has 6 nitrogen and oxygen atoms in total. The fourth-order valence-electron chi connectivity index (χ4n) is 5.02. The highest BCUT2D eigenvalue weighted by atomic mass is 19.1. The molecule has 0 unspecified atom stereocenters. The van der Waals surface area contributed by atoms with Crippen molar-refractivity contribution in [1.82, 2.24) is 9.80 Å². The zero-order valence-corrected chi connectivity index (χ0v) is 20.7. The first-order chi connectivity index (χ1) is 17.6. The smallest absolute Gasteiger partial charge is 0.238 e. The molecule has 0 spiro atoms. The van der Waals surface area contributed by atoms with Crippen molar-refractivity contribution in [3.05, 3.63) is 90.2 Å². The van der Waals surface area contributed by atoms with Gasteiger partial charge < -0.3 is 15.1 Å². The van der Waals surface area contributed by atoms with Gasteiger partial charge in [0.05, 0.1) is 12.2 Å². The minimum Gasteiger partial charge on any atom is -0.369 e. The van der Waals surface area contributed by atoms with Gasteiger partial charge in [-0.2, -0.15) is 0 Å². The molecule has 0 radical (unpaired) electrons. The van der Waals surface area contributed by atoms with Gasteiger partial charge in [0.1, 0.15) is 5.82 Å². The third-order valence-corrected chi connectivity index (χ3v) is 7.07. The van der Waals surface area contributed by atoms with E-state index in [0.717, 1.165) is 51.5 Å². The lowest BCUT2D eigenvalue weighted by Crippen LogP contribution is -2.48. The molecule has 5 rings (SSSR count). The normalized spacial score (nSPS) is 17.2. The predicted octanol–water partition coefficient (Wildman–Crippen LogP) is 3.91. The molecule has 2 heterocycles. The van der Waals surface area contributed by atoms with Gasteiger partial charge in [-0.3, -0.25) is 14.6 Å². The molecular formula is C29H34FN5O. The number of carbonyl (C=O) groups is 1. The van der Waals surface area contributed by atoms with Crippen LogP contribution in [-0.4, -0.2) is 74.6 Å². The fraction of sp³-hybridized carbons (Fsp3) is 0.345. The van der Waals surface area contributed by atoms with E-state index >= 15 is 0 Å². The van der Waals surface area contributed by atoms with Crippen LogP contribution in [0.1, 0.15) is 5.56 Å². The van der Waals surface area contributed by atoms with E-state index in [4.69, 9.17) is 0 Å². The first-order valence-corrected chi connectivity index (χ1v) is 12.8. The van der Waals surface area contributed by atoms with Gasteiger partial charge in [0.15, 0.2) is 0 Å². The molecule has 2 aliphatic heterocycles. The fourth-order valence-corrected chi connectivity index (χ4v) is 5.02. The van der Waals surface area contributed by atoms with Crippen LogP contribution >= 0.6 is 0 Å². The molecule has 3 aromatic carbocycles. The van der Waals surface area contributed by atoms with Crippen LogP contribution in [0.15, 0.2) is 78.9 Å². The standard InChI is InChI=1S/C29H34FN5O/c30-27-8-4-5-9-28(27)35-20-16-33(17-21-35)23-29(36)31-25-10-12-26(13-11-25)34-18-14-32(15-19-34)22-24-6-2-1-3-7-24/h1-13H,14-23H2,(H,31,36). The van der Waals surface area contributed by atoms with E-state index in [-0.39, 0.29) is 11.7 Å². The minimum atomic E-state index is -0.193. The number of hydrogen-bond acceptors (Lipinski definition) is 5. The van der Waals surface area contributed by atoms with Gasteiger partial charge in [-0.25, -0.2) is 4.39 Å². The maximum absolute atomic E-state index is 14.0. The Morgan fingerprint density at radius 1 is 0.694 bits per heavy atom. The number of halogens is 1. The third kappa shape index (κ3) is 6.22. The molecule has 0 bridgehead atoms. The van der Waals surface area contributed by atoms with E-state index in [9.17, 15) is 9.18 Å². The van der Waals surface area contributed by atoms with Crippen LogP contribution < -0.4 is 15.1 Å². The molecule has 0 aliphatic carbocycles. The molecule has 0 atom stereocenters. The van der Waals surface area contributed by atoms with Gasteiger partial charge in [-0.15, -0.1) is 0 Å². The summed E-state index contributed by atoms with van der Waals surface area (Å²) in [6.45, 7) is 8.30. The average molecular weight is 488 g/mol. The number of nitrogens with zero attached hydrogens (tertiary/aromatic N) is 4. The van der Waals surface area contributed by atoms with E-state index in [1.165, 1.54) is 17.3 Å². The molecule has 188 valence electrons. The van der Waals surface area contributed by atoms with Crippen molar-refractivity contribution in [2.45, 2.75) is 6.54 Å². The summed E-state index contributed by atoms with van der Waals surface area (Å²) in [7, 11) is 0. The van der Waals surface area contributed by atoms with Crippen LogP contribution in [0.2, 0.25) is 0 Å². The molecule has 2 saturated heterocycles. The van der Waals surface area contributed by atoms with Crippen molar-refractivity contribution in [2.75, 3.05) is 74.0 Å². The van der Waals surface area contributed by atoms with Crippen molar-refractivity contribution < 1.29 is 9.18 Å². The lowest BCUT2D eigenvalue weighted by molar-refractivity contribution is -0.117. The van der Waals surface area contributed by atoms with E-state index in [2.05, 4.69) is 62.5 Å². The number of carbonyl (C=O) groups excluding carboxylic acids is 1. The van der Waals surface area contributed by atoms with Crippen molar-refractivity contribution >= 4 is 23.0 Å². The SMILES string of the molecule is O=C(CN1CCN(c2ccccc2F)CC1)Nc1ccc(N2CCN(Cc3ccccc3)CC2)cc1. The topological polar surface area (TPSA) is 42.1 Å². The Kier molecular flexibility index (Phi) is 7.79. The second kappa shape index (κ2) is 11.5. The van der Waals surface area contributed by atoms with Gasteiger partial charge >= 0.3 is 0 Å². The average Bonchev–Trinajstić information content (AvgIpc) is 2.91. The summed E-state index contributed by atoms with van der Waals surface area (Å²) in [6, 6.07) is 25.7. The van der Waals surface area contributed by atoms with Crippen LogP contribution in [0.3, 0.4) is 0 Å². The molecule has 0 aromatic heterocycles. The van der Waals surface area contributed by atoms with Crippen LogP contribution in [0.4, 0.5) is 21.5 Å². The van der Waals surface area contributed by atoms with Crippen LogP contribution in [0, 0.1) is 5.82 Å². The maximum Gasteiger partial charge on any atom is 0.238 e. The zero-order chi connectivity index (χ0) is 24.7. The van der Waals surface area contributed by atoms with Crippen molar-refractivity contribution in [3.63, 3.8) is 0 Å². The molecule has 2 aliphatic rings. The summed E-state index contributed by atoms with van der Waals surface area (Å²) in [4.78, 5) is 21.7. The van der Waals surface area contributed by atoms with E-state index in [1.54, 1.807) is 6.07 Å². The lowest BCUT2D eigenvalue weighted by Gasteiger charge is -2.36. The molecule has 3 aromatic rings. The second-order valence-corrected chi connectivity index (χ2v) is 9.56. The van der Waals surface area contributed by atoms with E-state index in [0.29, 0.717) is 25.3 Å². The monoisotopic (exact) mass is 487 g/mol. The molecule has 7 heteroatoms. The van der Waals surface area contributed by atoms with E-state index in [1.807, 2.05) is 29.2 Å². The van der Waals surface area contributed by atoms with Crippen molar-refractivity contribution in [2.24, 2.45) is 0 Å². The van der Waals surface area contributed by atoms with Crippen LogP contribution in [-0.2, 0) is 11.3 Å². The number of amides is 1. The van der Waals surface area contributed by atoms with Crippen LogP contribution in [0.5, 0.6) is 0 Å². The molecule has 36 heavy (non-hydrogen) atoms. The Labute approximate surface area is 212 Å². The molecule has 2 fully saturated rings. The highest BCUT2D eigenvalue weighted by Gasteiger charge is 2.21. The summed E-state index contributed by atoms with van der Waals surface area (Å²) in [6.07, 6.45) is 0. The summed E-state index contributed by atoms with van der Waals surface area (Å²) in [5, 5.41) is 3.02. The number of hydrogen-bond donors (Lipinski definition) is 1. The van der Waals surface area contributed by atoms with E-state index < -0.39 is 0 Å². The highest BCUT2D eigenvalue weighted by molar-refractivity contribution is 5.92. The zero-order valence-electron chi connectivity index (χ0n) is 20.7. The largest absolute Gasteiger partial charge is 0.369 e. The predicted molar refractivity (Wildman–Crippen MR) is 144 cm³/mol. The lowest BCUT2D eigenvalue weighted by atomic mass is 10.2. The number of anilines is 3. The molecule has 1 amide bonds. The first-order valence-electron chi connectivity index (χ1n) is 12.8.